The van der Waals surface area contributed by atoms with Crippen molar-refractivity contribution in [3.05, 3.63) is 29.8 Å². The van der Waals surface area contributed by atoms with Crippen LogP contribution >= 0.6 is 11.8 Å². The van der Waals surface area contributed by atoms with Gasteiger partial charge in [-0.3, -0.25) is 5.32 Å². The van der Waals surface area contributed by atoms with Crippen LogP contribution in [0, 0.1) is 24.2 Å². The highest BCUT2D eigenvalue weighted by molar-refractivity contribution is 7.99. The lowest BCUT2D eigenvalue weighted by Gasteiger charge is -2.32. The smallest absolute Gasteiger partial charge is 0.109 e. The van der Waals surface area contributed by atoms with Crippen LogP contribution in [0.5, 0.6) is 0 Å². The lowest BCUT2D eigenvalue weighted by atomic mass is 9.86. The summed E-state index contributed by atoms with van der Waals surface area (Å²) >= 11 is 1.93. The van der Waals surface area contributed by atoms with Gasteiger partial charge in [0.2, 0.25) is 0 Å². The first-order valence-corrected chi connectivity index (χ1v) is 8.93. The van der Waals surface area contributed by atoms with E-state index in [9.17, 15) is 5.26 Å². The predicted octanol–water partition coefficient (Wildman–Crippen LogP) is 4.54. The maximum absolute atomic E-state index is 9.68. The Morgan fingerprint density at radius 1 is 1.43 bits per heavy atom. The van der Waals surface area contributed by atoms with E-state index in [2.05, 4.69) is 56.4 Å². The molecule has 2 unspecified atom stereocenters. The summed E-state index contributed by atoms with van der Waals surface area (Å²) in [5, 5.41) is 13.2. The molecule has 0 bridgehead atoms. The van der Waals surface area contributed by atoms with Crippen molar-refractivity contribution in [3.63, 3.8) is 0 Å². The van der Waals surface area contributed by atoms with E-state index < -0.39 is 0 Å². The van der Waals surface area contributed by atoms with E-state index in [1.807, 2.05) is 11.8 Å². The highest BCUT2D eigenvalue weighted by Gasteiger charge is 2.42. The van der Waals surface area contributed by atoms with Gasteiger partial charge in [0.25, 0.3) is 0 Å². The maximum Gasteiger partial charge on any atom is 0.109 e. The van der Waals surface area contributed by atoms with Gasteiger partial charge in [-0.05, 0) is 63.3 Å². The molecule has 1 saturated carbocycles. The molecule has 0 saturated heterocycles. The number of hydrogen-bond donors (Lipinski definition) is 1. The van der Waals surface area contributed by atoms with Gasteiger partial charge >= 0.3 is 0 Å². The van der Waals surface area contributed by atoms with Crippen molar-refractivity contribution in [2.24, 2.45) is 5.92 Å². The van der Waals surface area contributed by atoms with E-state index in [0.717, 1.165) is 18.6 Å². The molecule has 0 amide bonds. The third-order valence-corrected chi connectivity index (χ3v) is 5.59. The van der Waals surface area contributed by atoms with Gasteiger partial charge in [-0.2, -0.15) is 5.26 Å². The van der Waals surface area contributed by atoms with Gasteiger partial charge in [0, 0.05) is 10.9 Å². The Morgan fingerprint density at radius 3 is 2.86 bits per heavy atom. The van der Waals surface area contributed by atoms with Gasteiger partial charge in [0.15, 0.2) is 0 Å². The molecule has 1 aromatic carbocycles. The van der Waals surface area contributed by atoms with Crippen molar-refractivity contribution < 1.29 is 0 Å². The van der Waals surface area contributed by atoms with Crippen LogP contribution in [0.15, 0.2) is 29.2 Å². The molecule has 21 heavy (non-hydrogen) atoms. The maximum atomic E-state index is 9.68. The minimum absolute atomic E-state index is 0.291. The highest BCUT2D eigenvalue weighted by atomic mass is 32.2. The number of rotatable bonds is 6. The van der Waals surface area contributed by atoms with Gasteiger partial charge in [0.05, 0.1) is 6.07 Å². The molecule has 0 aliphatic heterocycles. The zero-order chi connectivity index (χ0) is 15.3. The van der Waals surface area contributed by atoms with Crippen LogP contribution in [0.1, 0.15) is 45.1 Å². The van der Waals surface area contributed by atoms with Gasteiger partial charge in [-0.25, -0.2) is 0 Å². The summed E-state index contributed by atoms with van der Waals surface area (Å²) in [4.78, 5) is 1.37. The van der Waals surface area contributed by atoms with E-state index in [0.29, 0.717) is 12.0 Å². The molecule has 0 radical (unpaired) electrons. The second kappa shape index (κ2) is 7.33. The fourth-order valence-corrected chi connectivity index (χ4v) is 4.48. The first-order chi connectivity index (χ1) is 10.1. The number of hydrogen-bond acceptors (Lipinski definition) is 3. The Labute approximate surface area is 133 Å². The van der Waals surface area contributed by atoms with Crippen LogP contribution in [-0.4, -0.2) is 17.3 Å². The standard InChI is InChI=1S/C18H26N2S/c1-14(2)20-18(13-19)11-6-8-16(18)10-12-21-17-9-5-4-7-15(17)3/h4-5,7,9,14,16,20H,6,8,10-12H2,1-3H3. The van der Waals surface area contributed by atoms with Crippen molar-refractivity contribution in [2.75, 3.05) is 5.75 Å². The van der Waals surface area contributed by atoms with Crippen LogP contribution in [0.25, 0.3) is 0 Å². The zero-order valence-electron chi connectivity index (χ0n) is 13.4. The normalized spacial score (nSPS) is 25.2. The molecule has 2 atom stereocenters. The minimum Gasteiger partial charge on any atom is -0.297 e. The number of nitriles is 1. The largest absolute Gasteiger partial charge is 0.297 e. The topological polar surface area (TPSA) is 35.8 Å². The van der Waals surface area contributed by atoms with Gasteiger partial charge < -0.3 is 0 Å². The van der Waals surface area contributed by atoms with E-state index in [4.69, 9.17) is 0 Å². The Hall–Kier alpha value is -0.980. The first kappa shape index (κ1) is 16.4. The molecule has 1 N–H and O–H groups in total. The average molecular weight is 302 g/mol. The van der Waals surface area contributed by atoms with Gasteiger partial charge in [-0.1, -0.05) is 24.6 Å². The Balaban J connectivity index is 1.93. The number of thioether (sulfide) groups is 1. The monoisotopic (exact) mass is 302 g/mol. The van der Waals surface area contributed by atoms with Crippen molar-refractivity contribution >= 4 is 11.8 Å². The minimum atomic E-state index is -0.291. The summed E-state index contributed by atoms with van der Waals surface area (Å²) in [5.41, 5.74) is 1.06. The lowest BCUT2D eigenvalue weighted by molar-refractivity contribution is 0.289. The second-order valence-corrected chi connectivity index (χ2v) is 7.51. The van der Waals surface area contributed by atoms with Crippen LogP contribution in [0.4, 0.5) is 0 Å². The number of benzene rings is 1. The van der Waals surface area contributed by atoms with Gasteiger partial charge in [0.1, 0.15) is 5.54 Å². The molecule has 1 aliphatic rings. The highest BCUT2D eigenvalue weighted by Crippen LogP contribution is 2.39. The average Bonchev–Trinajstić information content (AvgIpc) is 2.84. The molecular weight excluding hydrogens is 276 g/mol. The molecule has 0 aromatic heterocycles. The Bertz CT molecular complexity index is 506. The van der Waals surface area contributed by atoms with Crippen molar-refractivity contribution in [1.29, 1.82) is 5.26 Å². The van der Waals surface area contributed by atoms with E-state index in [1.165, 1.54) is 23.3 Å². The quantitative estimate of drug-likeness (QED) is 0.784. The summed E-state index contributed by atoms with van der Waals surface area (Å²) < 4.78 is 0. The number of nitrogens with one attached hydrogen (secondary N) is 1. The molecule has 2 rings (SSSR count). The molecule has 3 heteroatoms. The first-order valence-electron chi connectivity index (χ1n) is 7.95. The van der Waals surface area contributed by atoms with E-state index >= 15 is 0 Å². The zero-order valence-corrected chi connectivity index (χ0v) is 14.2. The molecule has 0 heterocycles. The van der Waals surface area contributed by atoms with Crippen LogP contribution in [-0.2, 0) is 0 Å². The second-order valence-electron chi connectivity index (χ2n) is 6.37. The van der Waals surface area contributed by atoms with Crippen LogP contribution < -0.4 is 5.32 Å². The third-order valence-electron chi connectivity index (χ3n) is 4.38. The molecular formula is C18H26N2S. The van der Waals surface area contributed by atoms with Crippen LogP contribution in [0.2, 0.25) is 0 Å². The summed E-state index contributed by atoms with van der Waals surface area (Å²) in [7, 11) is 0. The molecule has 2 nitrogen and oxygen atoms in total. The van der Waals surface area contributed by atoms with E-state index in [-0.39, 0.29) is 5.54 Å². The SMILES string of the molecule is Cc1ccccc1SCCC1CCCC1(C#N)NC(C)C. The van der Waals surface area contributed by atoms with E-state index in [1.54, 1.807) is 0 Å². The summed E-state index contributed by atoms with van der Waals surface area (Å²) in [6.45, 7) is 6.44. The summed E-state index contributed by atoms with van der Waals surface area (Å²) in [5.74, 6) is 1.58. The molecule has 0 spiro atoms. The van der Waals surface area contributed by atoms with Crippen LogP contribution in [0.3, 0.4) is 0 Å². The van der Waals surface area contributed by atoms with Crippen molar-refractivity contribution in [1.82, 2.24) is 5.32 Å². The Morgan fingerprint density at radius 2 is 2.19 bits per heavy atom. The number of aryl methyl sites for hydroxylation is 1. The third kappa shape index (κ3) is 4.02. The van der Waals surface area contributed by atoms with Crippen molar-refractivity contribution in [2.45, 2.75) is 62.9 Å². The fraction of sp³-hybridized carbons (Fsp3) is 0.611. The molecule has 1 aliphatic carbocycles. The molecule has 1 fully saturated rings. The molecule has 1 aromatic rings. The summed E-state index contributed by atoms with van der Waals surface area (Å²) in [6.07, 6.45) is 4.47. The fourth-order valence-electron chi connectivity index (χ4n) is 3.38. The summed E-state index contributed by atoms with van der Waals surface area (Å²) in [6, 6.07) is 11.5. The van der Waals surface area contributed by atoms with Gasteiger partial charge in [-0.15, -0.1) is 11.8 Å². The molecule has 114 valence electrons. The predicted molar refractivity (Wildman–Crippen MR) is 90.5 cm³/mol. The Kier molecular flexibility index (Phi) is 5.72. The lowest BCUT2D eigenvalue weighted by Crippen LogP contribution is -2.50. The van der Waals surface area contributed by atoms with Crippen molar-refractivity contribution in [3.8, 4) is 6.07 Å². The number of nitrogens with zero attached hydrogens (tertiary/aromatic N) is 1.